The summed E-state index contributed by atoms with van der Waals surface area (Å²) in [5.41, 5.74) is 0. The Hall–Kier alpha value is 0.540. The Labute approximate surface area is 114 Å². The number of rotatable bonds is 1. The van der Waals surface area contributed by atoms with Crippen molar-refractivity contribution < 1.29 is 14.4 Å². The summed E-state index contributed by atoms with van der Waals surface area (Å²) in [7, 11) is 0. The molecule has 0 aliphatic heterocycles. The highest BCUT2D eigenvalue weighted by Gasteiger charge is 2.34. The minimum atomic E-state index is -1.05. The number of halogens is 4. The van der Waals surface area contributed by atoms with Crippen molar-refractivity contribution in [1.82, 2.24) is 0 Å². The van der Waals surface area contributed by atoms with Gasteiger partial charge >= 0.3 is 5.97 Å². The lowest BCUT2D eigenvalue weighted by atomic mass is 10.5. The summed E-state index contributed by atoms with van der Waals surface area (Å²) in [5.74, 6) is -0.513. The third-order valence-electron chi connectivity index (χ3n) is 1.16. The van der Waals surface area contributed by atoms with E-state index >= 15 is 0 Å². The first-order valence-electron chi connectivity index (χ1n) is 3.36. The fraction of sp³-hybridized carbons (Fsp3) is 0.143. The first-order chi connectivity index (χ1) is 6.39. The second-order valence-electron chi connectivity index (χ2n) is 2.26. The number of carbonyl (C=O) groups is 1. The van der Waals surface area contributed by atoms with Gasteiger partial charge in [0, 0.05) is 10.8 Å². The lowest BCUT2D eigenvalue weighted by Crippen LogP contribution is -2.48. The Bertz CT molecular complexity index is 350. The topological polar surface area (TPSA) is 30.2 Å². The van der Waals surface area contributed by atoms with Crippen LogP contribution in [0.1, 0.15) is 0 Å². The van der Waals surface area contributed by atoms with E-state index in [1.54, 1.807) is 18.5 Å². The van der Waals surface area contributed by atoms with Crippen molar-refractivity contribution in [2.45, 2.75) is 2.14 Å². The Morgan fingerprint density at radius 1 is 1.43 bits per heavy atom. The molecule has 0 saturated carbocycles. The van der Waals surface area contributed by atoms with Crippen LogP contribution < -0.4 is 9.57 Å². The van der Waals surface area contributed by atoms with Gasteiger partial charge in [0.1, 0.15) is 0 Å². The average molecular weight is 454 g/mol. The summed E-state index contributed by atoms with van der Waals surface area (Å²) in [5, 5.41) is 0. The highest BCUT2D eigenvalue weighted by atomic mass is 80.0. The van der Waals surface area contributed by atoms with Gasteiger partial charge in [0.05, 0.1) is 4.47 Å². The van der Waals surface area contributed by atoms with Gasteiger partial charge in [0.25, 0.3) is 0 Å². The van der Waals surface area contributed by atoms with Crippen LogP contribution in [0.4, 0.5) is 0 Å². The average Bonchev–Trinajstić information content (AvgIpc) is 2.02. The monoisotopic (exact) mass is 450 g/mol. The molecule has 1 rings (SSSR count). The van der Waals surface area contributed by atoms with Gasteiger partial charge in [-0.25, -0.2) is 4.79 Å². The van der Waals surface area contributed by atoms with Crippen molar-refractivity contribution in [2.75, 3.05) is 0 Å². The van der Waals surface area contributed by atoms with Gasteiger partial charge in [-0.2, -0.15) is 4.84 Å². The second-order valence-corrected chi connectivity index (χ2v) is 9.94. The minimum Gasteiger partial charge on any atom is -0.241 e. The highest BCUT2D eigenvalue weighted by molar-refractivity contribution is 9.40. The molecular weight excluding hydrogens is 450 g/mol. The van der Waals surface area contributed by atoms with Gasteiger partial charge in [-0.3, -0.25) is 0 Å². The molecule has 3 nitrogen and oxygen atoms in total. The molecule has 0 unspecified atom stereocenters. The van der Waals surface area contributed by atoms with Crippen molar-refractivity contribution in [2.24, 2.45) is 0 Å². The van der Waals surface area contributed by atoms with Crippen LogP contribution in [0.2, 0.25) is 0 Å². The number of hydrogen-bond acceptors (Lipinski definition) is 2. The zero-order valence-corrected chi connectivity index (χ0v) is 12.9. The summed E-state index contributed by atoms with van der Waals surface area (Å²) >= 11 is 12.4. The molecule has 0 radical (unpaired) electrons. The molecule has 0 spiro atoms. The van der Waals surface area contributed by atoms with Crippen LogP contribution in [-0.4, -0.2) is 8.11 Å². The molecule has 1 aromatic rings. The highest BCUT2D eigenvalue weighted by Crippen LogP contribution is 2.33. The smallest absolute Gasteiger partial charge is 0.241 e. The summed E-state index contributed by atoms with van der Waals surface area (Å²) < 4.78 is 1.06. The van der Waals surface area contributed by atoms with Crippen LogP contribution in [0.15, 0.2) is 29.0 Å². The molecule has 76 valence electrons. The van der Waals surface area contributed by atoms with Gasteiger partial charge in [-0.15, -0.1) is 0 Å². The molecule has 0 N–H and O–H groups in total. The quantitative estimate of drug-likeness (QED) is 0.483. The van der Waals surface area contributed by atoms with E-state index in [1.807, 2.05) is 6.07 Å². The van der Waals surface area contributed by atoms with Gasteiger partial charge in [-0.05, 0) is 69.8 Å². The predicted molar refractivity (Wildman–Crippen MR) is 65.4 cm³/mol. The van der Waals surface area contributed by atoms with Crippen LogP contribution >= 0.6 is 63.7 Å². The fourth-order valence-electron chi connectivity index (χ4n) is 0.632. The van der Waals surface area contributed by atoms with E-state index in [0.717, 1.165) is 4.47 Å². The molecule has 1 heterocycles. The van der Waals surface area contributed by atoms with Crippen LogP contribution in [0, 0.1) is 0 Å². The number of nitrogens with zero attached hydrogens (tertiary/aromatic N) is 1. The molecule has 14 heavy (non-hydrogen) atoms. The Kier molecular flexibility index (Phi) is 4.55. The maximum atomic E-state index is 11.3. The van der Waals surface area contributed by atoms with Crippen molar-refractivity contribution >= 4 is 69.7 Å². The van der Waals surface area contributed by atoms with Gasteiger partial charge in [0.15, 0.2) is 0 Å². The molecule has 0 atom stereocenters. The van der Waals surface area contributed by atoms with Crippen molar-refractivity contribution in [1.29, 1.82) is 0 Å². The van der Waals surface area contributed by atoms with Crippen LogP contribution in [0.25, 0.3) is 0 Å². The van der Waals surface area contributed by atoms with E-state index in [4.69, 9.17) is 4.84 Å². The molecule has 1 aromatic heterocycles. The zero-order chi connectivity index (χ0) is 10.8. The lowest BCUT2D eigenvalue weighted by Gasteiger charge is -2.05. The van der Waals surface area contributed by atoms with Crippen molar-refractivity contribution in [3.05, 3.63) is 29.0 Å². The molecule has 0 aliphatic carbocycles. The Morgan fingerprint density at radius 3 is 2.57 bits per heavy atom. The van der Waals surface area contributed by atoms with Crippen LogP contribution in [0.3, 0.4) is 0 Å². The Morgan fingerprint density at radius 2 is 2.07 bits per heavy atom. The normalized spacial score (nSPS) is 11.1. The second kappa shape index (κ2) is 5.05. The molecule has 0 aromatic carbocycles. The van der Waals surface area contributed by atoms with E-state index in [1.165, 1.54) is 4.73 Å². The molecule has 0 bridgehead atoms. The number of aromatic nitrogens is 1. The molecule has 0 saturated heterocycles. The zero-order valence-electron chi connectivity index (χ0n) is 6.58. The Balaban J connectivity index is 2.75. The number of pyridine rings is 1. The van der Waals surface area contributed by atoms with E-state index in [0.29, 0.717) is 0 Å². The predicted octanol–water partition coefficient (Wildman–Crippen LogP) is 2.53. The number of carbonyl (C=O) groups excluding carboxylic acids is 1. The number of hydrogen-bond donors (Lipinski definition) is 0. The van der Waals surface area contributed by atoms with Gasteiger partial charge < -0.3 is 0 Å². The first kappa shape index (κ1) is 12.6. The maximum Gasteiger partial charge on any atom is 0.418 e. The molecular formula is C7H4Br4NO2+. The summed E-state index contributed by atoms with van der Waals surface area (Å²) in [6.07, 6.45) is 3.23. The standard InChI is InChI=1S/C7H4Br4NO2/c8-5-2-1-3-12(4-5)14-6(13)7(9,10)11/h1-4H/q+1. The summed E-state index contributed by atoms with van der Waals surface area (Å²) in [4.78, 5) is 16.3. The molecule has 0 aliphatic rings. The largest absolute Gasteiger partial charge is 0.418 e. The molecule has 0 fully saturated rings. The lowest BCUT2D eigenvalue weighted by molar-refractivity contribution is -0.869. The summed E-state index contributed by atoms with van der Waals surface area (Å²) in [6.45, 7) is 0. The SMILES string of the molecule is O=C(O[n+]1cccc(Br)c1)C(Br)(Br)Br. The number of alkyl halides is 3. The van der Waals surface area contributed by atoms with Gasteiger partial charge in [0.2, 0.25) is 14.5 Å². The van der Waals surface area contributed by atoms with Crippen LogP contribution in [0.5, 0.6) is 0 Å². The van der Waals surface area contributed by atoms with Gasteiger partial charge in [-0.1, -0.05) is 0 Å². The van der Waals surface area contributed by atoms with E-state index in [9.17, 15) is 4.79 Å². The van der Waals surface area contributed by atoms with E-state index in [2.05, 4.69) is 63.7 Å². The van der Waals surface area contributed by atoms with E-state index < -0.39 is 8.11 Å². The fourth-order valence-corrected chi connectivity index (χ4v) is 1.20. The van der Waals surface area contributed by atoms with Crippen molar-refractivity contribution in [3.63, 3.8) is 0 Å². The molecule has 0 amide bonds. The maximum absolute atomic E-state index is 11.3. The van der Waals surface area contributed by atoms with Crippen LogP contribution in [-0.2, 0) is 4.79 Å². The minimum absolute atomic E-state index is 0.513. The van der Waals surface area contributed by atoms with E-state index in [-0.39, 0.29) is 0 Å². The molecule has 7 heteroatoms. The third kappa shape index (κ3) is 3.96. The first-order valence-corrected chi connectivity index (χ1v) is 6.53. The summed E-state index contributed by atoms with van der Waals surface area (Å²) in [6, 6.07) is 3.57. The third-order valence-corrected chi connectivity index (χ3v) is 2.60. The van der Waals surface area contributed by atoms with Crippen molar-refractivity contribution in [3.8, 4) is 0 Å².